The summed E-state index contributed by atoms with van der Waals surface area (Å²) < 4.78 is 5.69. The maximum atomic E-state index is 5.69. The van der Waals surface area contributed by atoms with Gasteiger partial charge in [0.1, 0.15) is 0 Å². The molecule has 0 atom stereocenters. The molecule has 0 aliphatic heterocycles. The SMILES string of the molecule is Cc1ccc(C)c(Cc2nnc(CNC(C)(C)C)o2)c1. The fourth-order valence-electron chi connectivity index (χ4n) is 1.93. The van der Waals surface area contributed by atoms with Crippen LogP contribution in [0.3, 0.4) is 0 Å². The van der Waals surface area contributed by atoms with Gasteiger partial charge in [-0.1, -0.05) is 23.8 Å². The molecule has 0 saturated heterocycles. The van der Waals surface area contributed by atoms with Gasteiger partial charge in [0.25, 0.3) is 0 Å². The van der Waals surface area contributed by atoms with Crippen LogP contribution in [0.15, 0.2) is 22.6 Å². The minimum atomic E-state index is 0.0434. The van der Waals surface area contributed by atoms with Gasteiger partial charge in [0, 0.05) is 5.54 Å². The lowest BCUT2D eigenvalue weighted by Crippen LogP contribution is -2.35. The van der Waals surface area contributed by atoms with Crippen molar-refractivity contribution in [2.24, 2.45) is 0 Å². The summed E-state index contributed by atoms with van der Waals surface area (Å²) in [5.41, 5.74) is 3.79. The molecule has 0 amide bonds. The first-order chi connectivity index (χ1) is 9.33. The predicted octanol–water partition coefficient (Wildman–Crippen LogP) is 3.17. The first-order valence-electron chi connectivity index (χ1n) is 6.96. The van der Waals surface area contributed by atoms with Crippen LogP contribution in [0.5, 0.6) is 0 Å². The van der Waals surface area contributed by atoms with E-state index in [2.05, 4.69) is 68.3 Å². The number of hydrogen-bond donors (Lipinski definition) is 1. The van der Waals surface area contributed by atoms with Crippen LogP contribution in [0.1, 0.15) is 49.2 Å². The standard InChI is InChI=1S/C16H23N3O/c1-11-6-7-12(2)13(8-11)9-14-18-19-15(20-14)10-17-16(3,4)5/h6-8,17H,9-10H2,1-5H3. The summed E-state index contributed by atoms with van der Waals surface area (Å²) in [6, 6.07) is 6.42. The van der Waals surface area contributed by atoms with E-state index in [1.807, 2.05) is 0 Å². The molecule has 4 heteroatoms. The average Bonchev–Trinajstić information content (AvgIpc) is 2.78. The molecule has 0 bridgehead atoms. The van der Waals surface area contributed by atoms with E-state index in [1.54, 1.807) is 0 Å². The molecule has 2 aromatic rings. The summed E-state index contributed by atoms with van der Waals surface area (Å²) in [4.78, 5) is 0. The van der Waals surface area contributed by atoms with Crippen LogP contribution in [0, 0.1) is 13.8 Å². The quantitative estimate of drug-likeness (QED) is 0.929. The second kappa shape index (κ2) is 5.75. The minimum Gasteiger partial charge on any atom is -0.424 e. The van der Waals surface area contributed by atoms with E-state index in [-0.39, 0.29) is 5.54 Å². The third-order valence-electron chi connectivity index (χ3n) is 3.12. The van der Waals surface area contributed by atoms with E-state index < -0.39 is 0 Å². The number of nitrogens with one attached hydrogen (secondary N) is 1. The van der Waals surface area contributed by atoms with Gasteiger partial charge in [-0.2, -0.15) is 0 Å². The molecule has 0 radical (unpaired) electrons. The van der Waals surface area contributed by atoms with E-state index in [4.69, 9.17) is 4.42 Å². The molecule has 1 N–H and O–H groups in total. The summed E-state index contributed by atoms with van der Waals surface area (Å²) in [6.45, 7) is 11.1. The summed E-state index contributed by atoms with van der Waals surface area (Å²) in [7, 11) is 0. The molecule has 1 aromatic carbocycles. The summed E-state index contributed by atoms with van der Waals surface area (Å²) in [5, 5.41) is 11.6. The fraction of sp³-hybridized carbons (Fsp3) is 0.500. The zero-order valence-corrected chi connectivity index (χ0v) is 12.9. The fourth-order valence-corrected chi connectivity index (χ4v) is 1.93. The predicted molar refractivity (Wildman–Crippen MR) is 79.6 cm³/mol. The van der Waals surface area contributed by atoms with Crippen LogP contribution in [0.4, 0.5) is 0 Å². The van der Waals surface area contributed by atoms with Gasteiger partial charge in [-0.05, 0) is 45.7 Å². The van der Waals surface area contributed by atoms with Gasteiger partial charge in [0.2, 0.25) is 11.8 Å². The normalized spacial score (nSPS) is 11.8. The van der Waals surface area contributed by atoms with E-state index in [1.165, 1.54) is 16.7 Å². The second-order valence-corrected chi connectivity index (χ2v) is 6.30. The Morgan fingerprint density at radius 1 is 1.10 bits per heavy atom. The lowest BCUT2D eigenvalue weighted by Gasteiger charge is -2.18. The highest BCUT2D eigenvalue weighted by molar-refractivity contribution is 5.32. The molecule has 0 unspecified atom stereocenters. The number of hydrogen-bond acceptors (Lipinski definition) is 4. The number of nitrogens with zero attached hydrogens (tertiary/aromatic N) is 2. The first kappa shape index (κ1) is 14.7. The number of benzene rings is 1. The van der Waals surface area contributed by atoms with Gasteiger partial charge < -0.3 is 9.73 Å². The molecule has 108 valence electrons. The van der Waals surface area contributed by atoms with Crippen LogP contribution < -0.4 is 5.32 Å². The van der Waals surface area contributed by atoms with E-state index >= 15 is 0 Å². The first-order valence-corrected chi connectivity index (χ1v) is 6.96. The molecule has 0 aliphatic carbocycles. The highest BCUT2D eigenvalue weighted by atomic mass is 16.4. The van der Waals surface area contributed by atoms with Crippen molar-refractivity contribution in [2.45, 2.75) is 53.1 Å². The monoisotopic (exact) mass is 273 g/mol. The van der Waals surface area contributed by atoms with Crippen LogP contribution in [0.25, 0.3) is 0 Å². The molecular weight excluding hydrogens is 250 g/mol. The Morgan fingerprint density at radius 2 is 1.80 bits per heavy atom. The highest BCUT2D eigenvalue weighted by Crippen LogP contribution is 2.15. The number of aryl methyl sites for hydroxylation is 2. The molecule has 0 aliphatic rings. The van der Waals surface area contributed by atoms with Crippen molar-refractivity contribution in [3.05, 3.63) is 46.7 Å². The largest absolute Gasteiger partial charge is 0.424 e. The Balaban J connectivity index is 2.04. The summed E-state index contributed by atoms with van der Waals surface area (Å²) in [5.74, 6) is 1.31. The topological polar surface area (TPSA) is 51.0 Å². The van der Waals surface area contributed by atoms with Gasteiger partial charge in [-0.15, -0.1) is 10.2 Å². The maximum Gasteiger partial charge on any atom is 0.230 e. The van der Waals surface area contributed by atoms with Crippen LogP contribution >= 0.6 is 0 Å². The zero-order chi connectivity index (χ0) is 14.8. The van der Waals surface area contributed by atoms with Gasteiger partial charge in [-0.3, -0.25) is 0 Å². The maximum absolute atomic E-state index is 5.69. The van der Waals surface area contributed by atoms with Crippen LogP contribution in [-0.2, 0) is 13.0 Å². The molecule has 2 rings (SSSR count). The Hall–Kier alpha value is -1.68. The van der Waals surface area contributed by atoms with Crippen molar-refractivity contribution < 1.29 is 4.42 Å². The van der Waals surface area contributed by atoms with Crippen molar-refractivity contribution >= 4 is 0 Å². The summed E-state index contributed by atoms with van der Waals surface area (Å²) in [6.07, 6.45) is 0.691. The number of rotatable bonds is 4. The van der Waals surface area contributed by atoms with Crippen molar-refractivity contribution in [1.29, 1.82) is 0 Å². The lowest BCUT2D eigenvalue weighted by molar-refractivity contribution is 0.372. The molecular formula is C16H23N3O. The zero-order valence-electron chi connectivity index (χ0n) is 12.9. The van der Waals surface area contributed by atoms with E-state index in [0.717, 1.165) is 0 Å². The molecule has 0 spiro atoms. The van der Waals surface area contributed by atoms with Gasteiger partial charge in [0.15, 0.2) is 0 Å². The summed E-state index contributed by atoms with van der Waals surface area (Å²) >= 11 is 0. The van der Waals surface area contributed by atoms with E-state index in [0.29, 0.717) is 24.7 Å². The number of aromatic nitrogens is 2. The Bertz CT molecular complexity index is 582. The Morgan fingerprint density at radius 3 is 2.50 bits per heavy atom. The van der Waals surface area contributed by atoms with Gasteiger partial charge in [0.05, 0.1) is 13.0 Å². The minimum absolute atomic E-state index is 0.0434. The van der Waals surface area contributed by atoms with Crippen molar-refractivity contribution in [1.82, 2.24) is 15.5 Å². The molecule has 0 fully saturated rings. The molecule has 1 heterocycles. The van der Waals surface area contributed by atoms with Crippen molar-refractivity contribution in [2.75, 3.05) is 0 Å². The third-order valence-corrected chi connectivity index (χ3v) is 3.12. The van der Waals surface area contributed by atoms with Crippen LogP contribution in [-0.4, -0.2) is 15.7 Å². The Labute approximate surface area is 120 Å². The smallest absolute Gasteiger partial charge is 0.230 e. The molecule has 1 aromatic heterocycles. The second-order valence-electron chi connectivity index (χ2n) is 6.30. The van der Waals surface area contributed by atoms with E-state index in [9.17, 15) is 0 Å². The lowest BCUT2D eigenvalue weighted by atomic mass is 10.0. The Kier molecular flexibility index (Phi) is 4.23. The highest BCUT2D eigenvalue weighted by Gasteiger charge is 2.13. The molecule has 0 saturated carbocycles. The average molecular weight is 273 g/mol. The molecule has 20 heavy (non-hydrogen) atoms. The van der Waals surface area contributed by atoms with Gasteiger partial charge in [-0.25, -0.2) is 0 Å². The van der Waals surface area contributed by atoms with Crippen molar-refractivity contribution in [3.63, 3.8) is 0 Å². The molecule has 4 nitrogen and oxygen atoms in total. The van der Waals surface area contributed by atoms with Gasteiger partial charge >= 0.3 is 0 Å². The van der Waals surface area contributed by atoms with Crippen molar-refractivity contribution in [3.8, 4) is 0 Å². The van der Waals surface area contributed by atoms with Crippen LogP contribution in [0.2, 0.25) is 0 Å². The third kappa shape index (κ3) is 4.17.